The van der Waals surface area contributed by atoms with Crippen LogP contribution in [0.4, 0.5) is 0 Å². The molecule has 0 unspecified atom stereocenters. The molecular formula is C16H23BiN2. The number of benzene rings is 1. The summed E-state index contributed by atoms with van der Waals surface area (Å²) in [5.41, 5.74) is 2.36. The van der Waals surface area contributed by atoms with E-state index in [0.717, 1.165) is 0 Å². The minimum atomic E-state index is -0.0274. The Balaban J connectivity index is 3.06. The van der Waals surface area contributed by atoms with Gasteiger partial charge in [0, 0.05) is 0 Å². The molecule has 0 aromatic heterocycles. The zero-order chi connectivity index (χ0) is 14.7. The molecule has 0 saturated heterocycles. The molecule has 0 fully saturated rings. The second-order valence-electron chi connectivity index (χ2n) is 6.64. The number of aliphatic imine (C=N–C) groups is 2. The average Bonchev–Trinajstić information content (AvgIpc) is 2.23. The van der Waals surface area contributed by atoms with Crippen molar-refractivity contribution in [2.75, 3.05) is 0 Å². The van der Waals surface area contributed by atoms with Crippen LogP contribution in [0, 0.1) is 0 Å². The molecule has 1 aromatic rings. The van der Waals surface area contributed by atoms with E-state index in [4.69, 9.17) is 0 Å². The number of nitrogens with zero attached hydrogens (tertiary/aromatic N) is 2. The van der Waals surface area contributed by atoms with Gasteiger partial charge in [0.15, 0.2) is 0 Å². The van der Waals surface area contributed by atoms with Crippen LogP contribution in [0.15, 0.2) is 28.2 Å². The Bertz CT molecular complexity index is 446. The van der Waals surface area contributed by atoms with E-state index in [1.807, 2.05) is 12.4 Å². The molecular weight excluding hydrogens is 429 g/mol. The van der Waals surface area contributed by atoms with Crippen molar-refractivity contribution in [1.29, 1.82) is 0 Å². The van der Waals surface area contributed by atoms with E-state index in [1.165, 1.54) is 39.1 Å². The summed E-state index contributed by atoms with van der Waals surface area (Å²) in [5, 5.41) is 0. The van der Waals surface area contributed by atoms with Crippen molar-refractivity contribution in [3.05, 3.63) is 29.3 Å². The predicted molar refractivity (Wildman–Crippen MR) is 86.5 cm³/mol. The second-order valence-corrected chi connectivity index (χ2v) is 8.38. The second kappa shape index (κ2) is 6.26. The maximum absolute atomic E-state index is 4.59. The summed E-state index contributed by atoms with van der Waals surface area (Å²) in [6.45, 7) is 12.7. The number of hydrogen-bond acceptors (Lipinski definition) is 2. The molecule has 0 amide bonds. The van der Waals surface area contributed by atoms with Crippen LogP contribution in [0.5, 0.6) is 0 Å². The molecule has 0 saturated carbocycles. The van der Waals surface area contributed by atoms with Crippen molar-refractivity contribution in [2.45, 2.75) is 52.6 Å². The average molecular weight is 452 g/mol. The van der Waals surface area contributed by atoms with Gasteiger partial charge in [-0.05, 0) is 0 Å². The fraction of sp³-hybridized carbons (Fsp3) is 0.500. The maximum atomic E-state index is 4.59. The molecule has 0 heterocycles. The third kappa shape index (κ3) is 6.43. The van der Waals surface area contributed by atoms with Crippen LogP contribution in [0.25, 0.3) is 0 Å². The van der Waals surface area contributed by atoms with E-state index in [2.05, 4.69) is 69.7 Å². The Labute approximate surface area is 132 Å². The minimum absolute atomic E-state index is 0.0274. The van der Waals surface area contributed by atoms with Gasteiger partial charge in [0.1, 0.15) is 0 Å². The van der Waals surface area contributed by atoms with Crippen molar-refractivity contribution >= 4 is 40.4 Å². The van der Waals surface area contributed by atoms with Crippen molar-refractivity contribution < 1.29 is 0 Å². The quantitative estimate of drug-likeness (QED) is 0.487. The molecule has 1 aromatic carbocycles. The molecule has 1 rings (SSSR count). The van der Waals surface area contributed by atoms with Crippen LogP contribution >= 0.6 is 0 Å². The van der Waals surface area contributed by atoms with Crippen LogP contribution in [0.2, 0.25) is 0 Å². The molecule has 0 spiro atoms. The van der Waals surface area contributed by atoms with Gasteiger partial charge in [-0.2, -0.15) is 0 Å². The van der Waals surface area contributed by atoms with Gasteiger partial charge in [-0.25, -0.2) is 0 Å². The van der Waals surface area contributed by atoms with Gasteiger partial charge in [0.05, 0.1) is 0 Å². The molecule has 3 heteroatoms. The van der Waals surface area contributed by atoms with Gasteiger partial charge in [0.25, 0.3) is 0 Å². The summed E-state index contributed by atoms with van der Waals surface area (Å²) in [6.07, 6.45) is 3.98. The third-order valence-electron chi connectivity index (χ3n) is 2.28. The van der Waals surface area contributed by atoms with Crippen molar-refractivity contribution in [3.8, 4) is 0 Å². The third-order valence-corrected chi connectivity index (χ3v) is 4.29. The van der Waals surface area contributed by atoms with Crippen LogP contribution in [0.1, 0.15) is 52.7 Å². The molecule has 0 bridgehead atoms. The first kappa shape index (κ1) is 16.5. The molecule has 0 aliphatic rings. The van der Waals surface area contributed by atoms with Crippen molar-refractivity contribution in [1.82, 2.24) is 0 Å². The van der Waals surface area contributed by atoms with Gasteiger partial charge >= 0.3 is 132 Å². The molecule has 19 heavy (non-hydrogen) atoms. The van der Waals surface area contributed by atoms with E-state index in [1.54, 1.807) is 0 Å². The summed E-state index contributed by atoms with van der Waals surface area (Å²) in [7, 11) is 0. The van der Waals surface area contributed by atoms with Crippen molar-refractivity contribution in [2.24, 2.45) is 9.98 Å². The van der Waals surface area contributed by atoms with E-state index >= 15 is 0 Å². The monoisotopic (exact) mass is 452 g/mol. The summed E-state index contributed by atoms with van der Waals surface area (Å²) >= 11 is 1.22. The summed E-state index contributed by atoms with van der Waals surface area (Å²) in [6, 6.07) is 6.32. The standard InChI is InChI=1S/C16H23N2.Bi/c1-15(2,3)17-11-13-8-7-9-14(10-13)12-18-16(4,5)6;/h7-9,11-12H,1-6H3;. The topological polar surface area (TPSA) is 24.7 Å². The SMILES string of the molecule is CC(C)(C)N=Cc1cccc(C=NC(C)(C)C)[c]1[Bi]. The van der Waals surface area contributed by atoms with Gasteiger partial charge in [0.2, 0.25) is 0 Å². The summed E-state index contributed by atoms with van der Waals surface area (Å²) in [5.74, 6) is 0. The van der Waals surface area contributed by atoms with Crippen LogP contribution < -0.4 is 3.27 Å². The van der Waals surface area contributed by atoms with E-state index in [9.17, 15) is 0 Å². The van der Waals surface area contributed by atoms with Gasteiger partial charge in [-0.1, -0.05) is 0 Å². The predicted octanol–water partition coefficient (Wildman–Crippen LogP) is 2.92. The fourth-order valence-corrected chi connectivity index (χ4v) is 2.34. The van der Waals surface area contributed by atoms with E-state index in [-0.39, 0.29) is 11.1 Å². The van der Waals surface area contributed by atoms with E-state index in [0.29, 0.717) is 0 Å². The van der Waals surface area contributed by atoms with Gasteiger partial charge < -0.3 is 0 Å². The fourth-order valence-electron chi connectivity index (χ4n) is 1.31. The zero-order valence-corrected chi connectivity index (χ0v) is 16.2. The van der Waals surface area contributed by atoms with Gasteiger partial charge in [-0.3, -0.25) is 0 Å². The van der Waals surface area contributed by atoms with Crippen LogP contribution in [-0.2, 0) is 0 Å². The Kier molecular flexibility index (Phi) is 5.44. The van der Waals surface area contributed by atoms with E-state index < -0.39 is 0 Å². The first-order valence-corrected chi connectivity index (χ1v) is 8.25. The van der Waals surface area contributed by atoms with Crippen LogP contribution in [0.3, 0.4) is 0 Å². The Morgan fingerprint density at radius 1 is 0.842 bits per heavy atom. The summed E-state index contributed by atoms with van der Waals surface area (Å²) < 4.78 is 1.34. The summed E-state index contributed by atoms with van der Waals surface area (Å²) in [4.78, 5) is 9.17. The Morgan fingerprint density at radius 2 is 1.21 bits per heavy atom. The first-order valence-electron chi connectivity index (χ1n) is 6.51. The first-order chi connectivity index (χ1) is 8.58. The molecule has 2 radical (unpaired) electrons. The number of hydrogen-bond donors (Lipinski definition) is 0. The molecule has 0 N–H and O–H groups in total. The van der Waals surface area contributed by atoms with Gasteiger partial charge in [-0.15, -0.1) is 0 Å². The molecule has 0 atom stereocenters. The Morgan fingerprint density at radius 3 is 1.53 bits per heavy atom. The molecule has 0 aliphatic carbocycles. The molecule has 102 valence electrons. The molecule has 0 aliphatic heterocycles. The van der Waals surface area contributed by atoms with Crippen molar-refractivity contribution in [3.63, 3.8) is 0 Å². The normalized spacial score (nSPS) is 13.6. The van der Waals surface area contributed by atoms with Crippen LogP contribution in [-0.4, -0.2) is 48.2 Å². The molecule has 2 nitrogen and oxygen atoms in total. The Hall–Kier alpha value is -0.557. The zero-order valence-electron chi connectivity index (χ0n) is 12.7. The number of rotatable bonds is 2.